The number of rotatable bonds is 7. The zero-order valence-corrected chi connectivity index (χ0v) is 9.65. The van der Waals surface area contributed by atoms with Crippen molar-refractivity contribution < 1.29 is 0 Å². The second-order valence-electron chi connectivity index (χ2n) is 3.51. The minimum absolute atomic E-state index is 0.557. The quantitative estimate of drug-likeness (QED) is 0.680. The lowest BCUT2D eigenvalue weighted by Gasteiger charge is -2.15. The van der Waals surface area contributed by atoms with E-state index in [1.807, 2.05) is 6.08 Å². The van der Waals surface area contributed by atoms with E-state index in [9.17, 15) is 0 Å². The van der Waals surface area contributed by atoms with Crippen LogP contribution in [0.3, 0.4) is 0 Å². The van der Waals surface area contributed by atoms with Crippen LogP contribution < -0.4 is 5.32 Å². The predicted octanol–water partition coefficient (Wildman–Crippen LogP) is 3.23. The van der Waals surface area contributed by atoms with Crippen molar-refractivity contribution in [2.75, 3.05) is 6.54 Å². The molecule has 1 heterocycles. The van der Waals surface area contributed by atoms with Gasteiger partial charge in [-0.2, -0.15) is 11.3 Å². The van der Waals surface area contributed by atoms with Crippen LogP contribution in [0.1, 0.15) is 25.3 Å². The summed E-state index contributed by atoms with van der Waals surface area (Å²) < 4.78 is 0. The summed E-state index contributed by atoms with van der Waals surface area (Å²) in [4.78, 5) is 0. The molecule has 0 aromatic carbocycles. The van der Waals surface area contributed by atoms with Gasteiger partial charge in [0.1, 0.15) is 0 Å². The van der Waals surface area contributed by atoms with Gasteiger partial charge in [0, 0.05) is 6.04 Å². The second kappa shape index (κ2) is 6.80. The van der Waals surface area contributed by atoms with E-state index in [1.54, 1.807) is 11.3 Å². The van der Waals surface area contributed by atoms with Gasteiger partial charge >= 0.3 is 0 Å². The second-order valence-corrected chi connectivity index (χ2v) is 4.29. The van der Waals surface area contributed by atoms with Gasteiger partial charge in [-0.1, -0.05) is 13.0 Å². The zero-order chi connectivity index (χ0) is 10.2. The minimum Gasteiger partial charge on any atom is -0.313 e. The third-order valence-electron chi connectivity index (χ3n) is 2.20. The Balaban J connectivity index is 2.38. The van der Waals surface area contributed by atoms with Gasteiger partial charge in [-0.15, -0.1) is 6.58 Å². The molecular weight excluding hydrogens is 190 g/mol. The Morgan fingerprint density at radius 1 is 1.64 bits per heavy atom. The van der Waals surface area contributed by atoms with E-state index in [0.29, 0.717) is 6.04 Å². The molecule has 0 bridgehead atoms. The molecule has 1 aromatic heterocycles. The molecule has 78 valence electrons. The largest absolute Gasteiger partial charge is 0.313 e. The summed E-state index contributed by atoms with van der Waals surface area (Å²) in [7, 11) is 0. The summed E-state index contributed by atoms with van der Waals surface area (Å²) in [6.45, 7) is 7.10. The highest BCUT2D eigenvalue weighted by molar-refractivity contribution is 7.07. The fourth-order valence-corrected chi connectivity index (χ4v) is 2.16. The van der Waals surface area contributed by atoms with E-state index < -0.39 is 0 Å². The van der Waals surface area contributed by atoms with Crippen LogP contribution in [0.25, 0.3) is 0 Å². The molecule has 0 saturated heterocycles. The Morgan fingerprint density at radius 3 is 3.07 bits per heavy atom. The average Bonchev–Trinajstić information content (AvgIpc) is 2.67. The summed E-state index contributed by atoms with van der Waals surface area (Å²) >= 11 is 1.77. The Morgan fingerprint density at radius 2 is 2.50 bits per heavy atom. The first-order chi connectivity index (χ1) is 6.86. The summed E-state index contributed by atoms with van der Waals surface area (Å²) in [6, 6.07) is 2.76. The van der Waals surface area contributed by atoms with Gasteiger partial charge in [-0.05, 0) is 48.2 Å². The van der Waals surface area contributed by atoms with E-state index in [2.05, 4.69) is 35.6 Å². The van der Waals surface area contributed by atoms with Crippen LogP contribution >= 0.6 is 11.3 Å². The maximum absolute atomic E-state index is 3.80. The zero-order valence-electron chi connectivity index (χ0n) is 8.83. The van der Waals surface area contributed by atoms with Crippen molar-refractivity contribution in [1.82, 2.24) is 5.32 Å². The molecule has 1 N–H and O–H groups in total. The first-order valence-corrected chi connectivity index (χ1v) is 6.16. The first kappa shape index (κ1) is 11.5. The van der Waals surface area contributed by atoms with Gasteiger partial charge in [0.25, 0.3) is 0 Å². The van der Waals surface area contributed by atoms with Gasteiger partial charge < -0.3 is 5.32 Å². The molecule has 0 fully saturated rings. The molecule has 0 aliphatic rings. The highest BCUT2D eigenvalue weighted by atomic mass is 32.1. The van der Waals surface area contributed by atoms with Gasteiger partial charge in [-0.25, -0.2) is 0 Å². The van der Waals surface area contributed by atoms with Crippen molar-refractivity contribution in [2.24, 2.45) is 0 Å². The molecule has 14 heavy (non-hydrogen) atoms. The molecule has 1 atom stereocenters. The molecule has 1 unspecified atom stereocenters. The highest BCUT2D eigenvalue weighted by Gasteiger charge is 2.06. The van der Waals surface area contributed by atoms with E-state index in [4.69, 9.17) is 0 Å². The first-order valence-electron chi connectivity index (χ1n) is 5.22. The lowest BCUT2D eigenvalue weighted by atomic mass is 10.1. The van der Waals surface area contributed by atoms with Crippen LogP contribution in [0.4, 0.5) is 0 Å². The van der Waals surface area contributed by atoms with E-state index in [-0.39, 0.29) is 0 Å². The van der Waals surface area contributed by atoms with Crippen LogP contribution in [0.2, 0.25) is 0 Å². The van der Waals surface area contributed by atoms with E-state index in [0.717, 1.165) is 19.4 Å². The Labute approximate surface area is 90.9 Å². The molecular formula is C12H19NS. The summed E-state index contributed by atoms with van der Waals surface area (Å²) in [5.41, 5.74) is 1.44. The molecule has 1 aromatic rings. The van der Waals surface area contributed by atoms with Crippen molar-refractivity contribution in [1.29, 1.82) is 0 Å². The van der Waals surface area contributed by atoms with Gasteiger partial charge in [0.15, 0.2) is 0 Å². The average molecular weight is 209 g/mol. The predicted molar refractivity (Wildman–Crippen MR) is 64.9 cm³/mol. The maximum atomic E-state index is 3.80. The fraction of sp³-hybridized carbons (Fsp3) is 0.500. The normalized spacial score (nSPS) is 12.6. The Kier molecular flexibility index (Phi) is 5.57. The van der Waals surface area contributed by atoms with E-state index in [1.165, 1.54) is 12.0 Å². The number of nitrogens with one attached hydrogen (secondary N) is 1. The molecule has 0 aliphatic heterocycles. The Bertz CT molecular complexity index is 241. The number of hydrogen-bond acceptors (Lipinski definition) is 2. The molecule has 1 rings (SSSR count). The molecule has 1 nitrogen and oxygen atoms in total. The number of hydrogen-bond donors (Lipinski definition) is 1. The smallest absolute Gasteiger partial charge is 0.0142 e. The van der Waals surface area contributed by atoms with Gasteiger partial charge in [0.05, 0.1) is 0 Å². The van der Waals surface area contributed by atoms with Crippen LogP contribution in [-0.4, -0.2) is 12.6 Å². The van der Waals surface area contributed by atoms with Crippen molar-refractivity contribution in [3.8, 4) is 0 Å². The highest BCUT2D eigenvalue weighted by Crippen LogP contribution is 2.10. The summed E-state index contributed by atoms with van der Waals surface area (Å²) in [5, 5.41) is 7.91. The molecule has 0 amide bonds. The molecule has 0 saturated carbocycles. The number of thiophene rings is 1. The fourth-order valence-electron chi connectivity index (χ4n) is 1.48. The molecule has 0 radical (unpaired) electrons. The van der Waals surface area contributed by atoms with Crippen molar-refractivity contribution in [3.63, 3.8) is 0 Å². The molecule has 2 heteroatoms. The molecule has 0 spiro atoms. The summed E-state index contributed by atoms with van der Waals surface area (Å²) in [5.74, 6) is 0. The lowest BCUT2D eigenvalue weighted by molar-refractivity contribution is 0.512. The van der Waals surface area contributed by atoms with Crippen molar-refractivity contribution in [2.45, 2.75) is 32.2 Å². The van der Waals surface area contributed by atoms with Crippen LogP contribution in [0.5, 0.6) is 0 Å². The SMILES string of the molecule is C=CCC(Cc1ccsc1)NCCC. The Hall–Kier alpha value is -0.600. The van der Waals surface area contributed by atoms with Crippen molar-refractivity contribution in [3.05, 3.63) is 35.0 Å². The third kappa shape index (κ3) is 4.07. The topological polar surface area (TPSA) is 12.0 Å². The van der Waals surface area contributed by atoms with Crippen LogP contribution in [0, 0.1) is 0 Å². The van der Waals surface area contributed by atoms with Gasteiger partial charge in [0.2, 0.25) is 0 Å². The maximum Gasteiger partial charge on any atom is 0.0142 e. The third-order valence-corrected chi connectivity index (χ3v) is 2.93. The van der Waals surface area contributed by atoms with Crippen LogP contribution in [0.15, 0.2) is 29.5 Å². The monoisotopic (exact) mass is 209 g/mol. The van der Waals surface area contributed by atoms with Gasteiger partial charge in [-0.3, -0.25) is 0 Å². The van der Waals surface area contributed by atoms with Crippen LogP contribution in [-0.2, 0) is 6.42 Å². The standard InChI is InChI=1S/C12H19NS/c1-3-5-12(13-7-4-2)9-11-6-8-14-10-11/h3,6,8,10,12-13H,1,4-5,7,9H2,2H3. The minimum atomic E-state index is 0.557. The summed E-state index contributed by atoms with van der Waals surface area (Å²) in [6.07, 6.45) is 5.36. The van der Waals surface area contributed by atoms with E-state index >= 15 is 0 Å². The lowest BCUT2D eigenvalue weighted by Crippen LogP contribution is -2.31. The van der Waals surface area contributed by atoms with Crippen molar-refractivity contribution >= 4 is 11.3 Å². The molecule has 0 aliphatic carbocycles.